The number of amides is 1. The number of benzene rings is 1. The first-order valence-corrected chi connectivity index (χ1v) is 8.67. The Morgan fingerprint density at radius 2 is 2.22 bits per heavy atom. The van der Waals surface area contributed by atoms with Crippen molar-refractivity contribution in [3.8, 4) is 0 Å². The van der Waals surface area contributed by atoms with E-state index in [1.807, 2.05) is 29.2 Å². The number of carbonyl (C=O) groups excluding carboxylic acids is 1. The predicted octanol–water partition coefficient (Wildman–Crippen LogP) is 2.36. The maximum absolute atomic E-state index is 13.0. The number of hydrogen-bond acceptors (Lipinski definition) is 4. The Labute approximate surface area is 138 Å². The highest BCUT2D eigenvalue weighted by molar-refractivity contribution is 6.00. The molecule has 0 unspecified atom stereocenters. The van der Waals surface area contributed by atoms with E-state index in [-0.39, 0.29) is 5.91 Å². The highest BCUT2D eigenvalue weighted by Gasteiger charge is 2.27. The maximum atomic E-state index is 13.0. The summed E-state index contributed by atoms with van der Waals surface area (Å²) < 4.78 is 0. The smallest absolute Gasteiger partial charge is 0.255 e. The summed E-state index contributed by atoms with van der Waals surface area (Å²) >= 11 is 0. The molecule has 5 heteroatoms. The summed E-state index contributed by atoms with van der Waals surface area (Å²) in [6.07, 6.45) is 3.52. The quantitative estimate of drug-likeness (QED) is 0.774. The molecule has 124 valence electrons. The van der Waals surface area contributed by atoms with Gasteiger partial charge in [-0.3, -0.25) is 9.79 Å². The van der Waals surface area contributed by atoms with E-state index >= 15 is 0 Å². The molecule has 23 heavy (non-hydrogen) atoms. The number of amidine groups is 1. The Bertz CT molecular complexity index is 580. The lowest BCUT2D eigenvalue weighted by Crippen LogP contribution is -2.34. The minimum atomic E-state index is 0.142. The lowest BCUT2D eigenvalue weighted by atomic mass is 10.1. The van der Waals surface area contributed by atoms with Crippen LogP contribution in [0.4, 0.5) is 5.69 Å². The second-order valence-electron chi connectivity index (χ2n) is 6.35. The fraction of sp³-hybridized carbons (Fsp3) is 0.556. The number of nitrogens with one attached hydrogen (secondary N) is 2. The highest BCUT2D eigenvalue weighted by Crippen LogP contribution is 2.30. The molecule has 1 amide bonds. The van der Waals surface area contributed by atoms with Gasteiger partial charge >= 0.3 is 0 Å². The second kappa shape index (κ2) is 7.49. The zero-order valence-electron chi connectivity index (χ0n) is 13.8. The molecule has 1 saturated carbocycles. The molecule has 3 rings (SSSR count). The molecule has 1 fully saturated rings. The van der Waals surface area contributed by atoms with Crippen molar-refractivity contribution in [1.29, 1.82) is 0 Å². The lowest BCUT2D eigenvalue weighted by molar-refractivity contribution is 0.0748. The Hall–Kier alpha value is -2.04. The van der Waals surface area contributed by atoms with Crippen molar-refractivity contribution in [2.75, 3.05) is 38.0 Å². The minimum absolute atomic E-state index is 0.142. The average Bonchev–Trinajstić information content (AvgIpc) is 3.24. The summed E-state index contributed by atoms with van der Waals surface area (Å²) in [7, 11) is 0. The van der Waals surface area contributed by atoms with E-state index in [2.05, 4.69) is 22.5 Å². The van der Waals surface area contributed by atoms with Gasteiger partial charge in [-0.2, -0.15) is 0 Å². The molecule has 1 aliphatic carbocycles. The van der Waals surface area contributed by atoms with Gasteiger partial charge in [0.2, 0.25) is 0 Å². The van der Waals surface area contributed by atoms with Gasteiger partial charge < -0.3 is 15.5 Å². The molecule has 0 aromatic heterocycles. The van der Waals surface area contributed by atoms with Gasteiger partial charge in [0.1, 0.15) is 5.84 Å². The third-order valence-corrected chi connectivity index (χ3v) is 4.30. The summed E-state index contributed by atoms with van der Waals surface area (Å²) in [6, 6.07) is 7.80. The third kappa shape index (κ3) is 4.24. The minimum Gasteiger partial charge on any atom is -0.377 e. The van der Waals surface area contributed by atoms with Crippen LogP contribution in [0.5, 0.6) is 0 Å². The van der Waals surface area contributed by atoms with E-state index in [1.54, 1.807) is 0 Å². The summed E-state index contributed by atoms with van der Waals surface area (Å²) in [5.74, 6) is 1.82. The molecule has 0 radical (unpaired) electrons. The van der Waals surface area contributed by atoms with Crippen molar-refractivity contribution < 1.29 is 4.79 Å². The standard InChI is InChI=1S/C18H26N4O/c1-2-11-22(13-14-7-8-14)18(23)15-5-3-4-6-16(15)21-12-17-19-9-10-20-17/h3-6,14,21H,2,7-13H2,1H3,(H,19,20). The molecule has 2 aliphatic rings. The number of carbonyl (C=O) groups is 1. The van der Waals surface area contributed by atoms with Gasteiger partial charge in [-0.05, 0) is 37.3 Å². The summed E-state index contributed by atoms with van der Waals surface area (Å²) in [5, 5.41) is 6.61. The van der Waals surface area contributed by atoms with Crippen LogP contribution in [0.1, 0.15) is 36.5 Å². The Morgan fingerprint density at radius 3 is 2.91 bits per heavy atom. The SMILES string of the molecule is CCCN(CC1CC1)C(=O)c1ccccc1NCC1=NCCN1. The number of rotatable bonds is 8. The zero-order valence-corrected chi connectivity index (χ0v) is 13.8. The maximum Gasteiger partial charge on any atom is 0.255 e. The normalized spacial score (nSPS) is 16.7. The molecule has 1 aliphatic heterocycles. The molecule has 0 saturated heterocycles. The topological polar surface area (TPSA) is 56.7 Å². The molecule has 5 nitrogen and oxygen atoms in total. The fourth-order valence-electron chi connectivity index (χ4n) is 2.90. The second-order valence-corrected chi connectivity index (χ2v) is 6.35. The number of nitrogens with zero attached hydrogens (tertiary/aromatic N) is 2. The predicted molar refractivity (Wildman–Crippen MR) is 94.2 cm³/mol. The molecular weight excluding hydrogens is 288 g/mol. The van der Waals surface area contributed by atoms with Crippen molar-refractivity contribution in [2.24, 2.45) is 10.9 Å². The molecule has 1 aromatic rings. The van der Waals surface area contributed by atoms with Crippen molar-refractivity contribution in [3.63, 3.8) is 0 Å². The van der Waals surface area contributed by atoms with Crippen LogP contribution in [0.15, 0.2) is 29.3 Å². The average molecular weight is 314 g/mol. The number of para-hydroxylation sites is 1. The van der Waals surface area contributed by atoms with Gasteiger partial charge in [0.25, 0.3) is 5.91 Å². The van der Waals surface area contributed by atoms with E-state index in [4.69, 9.17) is 0 Å². The van der Waals surface area contributed by atoms with Gasteiger partial charge in [0.05, 0.1) is 18.7 Å². The van der Waals surface area contributed by atoms with Gasteiger partial charge in [-0.1, -0.05) is 19.1 Å². The van der Waals surface area contributed by atoms with Crippen molar-refractivity contribution in [3.05, 3.63) is 29.8 Å². The largest absolute Gasteiger partial charge is 0.377 e. The van der Waals surface area contributed by atoms with Gasteiger partial charge in [0.15, 0.2) is 0 Å². The monoisotopic (exact) mass is 314 g/mol. The van der Waals surface area contributed by atoms with Crippen LogP contribution in [-0.4, -0.2) is 49.4 Å². The van der Waals surface area contributed by atoms with E-state index < -0.39 is 0 Å². The van der Waals surface area contributed by atoms with Gasteiger partial charge in [-0.15, -0.1) is 0 Å². The fourth-order valence-corrected chi connectivity index (χ4v) is 2.90. The Balaban J connectivity index is 1.70. The van der Waals surface area contributed by atoms with Crippen molar-refractivity contribution >= 4 is 17.4 Å². The molecule has 0 atom stereocenters. The van der Waals surface area contributed by atoms with Crippen LogP contribution in [0.3, 0.4) is 0 Å². The Kier molecular flexibility index (Phi) is 5.16. The van der Waals surface area contributed by atoms with Crippen LogP contribution in [0.2, 0.25) is 0 Å². The number of anilines is 1. The summed E-state index contributed by atoms with van der Waals surface area (Å²) in [4.78, 5) is 19.4. The molecule has 2 N–H and O–H groups in total. The van der Waals surface area contributed by atoms with E-state index in [9.17, 15) is 4.79 Å². The molecular formula is C18H26N4O. The lowest BCUT2D eigenvalue weighted by Gasteiger charge is -2.23. The molecule has 1 heterocycles. The first kappa shape index (κ1) is 15.8. The molecule has 0 spiro atoms. The van der Waals surface area contributed by atoms with Crippen molar-refractivity contribution in [2.45, 2.75) is 26.2 Å². The summed E-state index contributed by atoms with van der Waals surface area (Å²) in [6.45, 7) is 6.24. The molecule has 0 bridgehead atoms. The van der Waals surface area contributed by atoms with Crippen LogP contribution >= 0.6 is 0 Å². The molecule has 1 aromatic carbocycles. The first-order chi connectivity index (χ1) is 11.3. The Morgan fingerprint density at radius 1 is 1.39 bits per heavy atom. The zero-order chi connectivity index (χ0) is 16.1. The van der Waals surface area contributed by atoms with Crippen LogP contribution in [0, 0.1) is 5.92 Å². The van der Waals surface area contributed by atoms with E-state index in [1.165, 1.54) is 12.8 Å². The van der Waals surface area contributed by atoms with E-state index in [0.717, 1.165) is 49.7 Å². The number of aliphatic imine (C=N–C) groups is 1. The highest BCUT2D eigenvalue weighted by atomic mass is 16.2. The summed E-state index contributed by atoms with van der Waals surface area (Å²) in [5.41, 5.74) is 1.66. The number of hydrogen-bond donors (Lipinski definition) is 2. The van der Waals surface area contributed by atoms with Gasteiger partial charge in [-0.25, -0.2) is 0 Å². The van der Waals surface area contributed by atoms with Crippen molar-refractivity contribution in [1.82, 2.24) is 10.2 Å². The van der Waals surface area contributed by atoms with Gasteiger partial charge in [0, 0.05) is 25.3 Å². The third-order valence-electron chi connectivity index (χ3n) is 4.30. The van der Waals surface area contributed by atoms with Crippen LogP contribution in [-0.2, 0) is 0 Å². The van der Waals surface area contributed by atoms with Crippen LogP contribution < -0.4 is 10.6 Å². The van der Waals surface area contributed by atoms with Crippen LogP contribution in [0.25, 0.3) is 0 Å². The van der Waals surface area contributed by atoms with E-state index in [0.29, 0.717) is 12.5 Å². The first-order valence-electron chi connectivity index (χ1n) is 8.67.